The molecule has 1 saturated carbocycles. The van der Waals surface area contributed by atoms with E-state index in [4.69, 9.17) is 4.84 Å². The first-order valence-corrected chi connectivity index (χ1v) is 6.34. The van der Waals surface area contributed by atoms with Crippen LogP contribution in [0.4, 0.5) is 0 Å². The summed E-state index contributed by atoms with van der Waals surface area (Å²) in [5, 5.41) is 0. The zero-order chi connectivity index (χ0) is 13.1. The van der Waals surface area contributed by atoms with Crippen molar-refractivity contribution < 1.29 is 9.82 Å². The number of nitrogens with one attached hydrogen (secondary N) is 2. The van der Waals surface area contributed by atoms with Gasteiger partial charge in [-0.3, -0.25) is 0 Å². The smallest absolute Gasteiger partial charge is 0.219 e. The topological polar surface area (TPSA) is 53.4 Å². The zero-order valence-electron chi connectivity index (χ0n) is 11.7. The van der Waals surface area contributed by atoms with Gasteiger partial charge in [0, 0.05) is 5.59 Å². The van der Waals surface area contributed by atoms with Crippen molar-refractivity contribution in [1.29, 1.82) is 0 Å². The SMILES string of the molecule is CC1(C)CCC(ON[N+](=O)NC(C)(C)C)CC1. The number of nitroso groups, excluding NO2 is 1. The molecule has 1 aliphatic rings. The third-order valence-corrected chi connectivity index (χ3v) is 3.03. The van der Waals surface area contributed by atoms with E-state index in [-0.39, 0.29) is 11.6 Å². The van der Waals surface area contributed by atoms with Crippen LogP contribution in [0.5, 0.6) is 0 Å². The van der Waals surface area contributed by atoms with Crippen molar-refractivity contribution in [1.82, 2.24) is 11.0 Å². The molecule has 1 aliphatic carbocycles. The highest BCUT2D eigenvalue weighted by atomic mass is 16.7. The maximum absolute atomic E-state index is 11.4. The lowest BCUT2D eigenvalue weighted by atomic mass is 9.76. The minimum atomic E-state index is -0.271. The average molecular weight is 244 g/mol. The number of hydrogen-bond donors (Lipinski definition) is 2. The van der Waals surface area contributed by atoms with E-state index in [9.17, 15) is 4.91 Å². The minimum absolute atomic E-state index is 0.140. The molecule has 1 fully saturated rings. The van der Waals surface area contributed by atoms with Gasteiger partial charge in [0.2, 0.25) is 0 Å². The molecule has 0 bridgehead atoms. The summed E-state index contributed by atoms with van der Waals surface area (Å²) < 4.78 is 0. The largest absolute Gasteiger partial charge is 0.272 e. The summed E-state index contributed by atoms with van der Waals surface area (Å²) in [5.41, 5.74) is 5.27. The van der Waals surface area contributed by atoms with E-state index >= 15 is 0 Å². The minimum Gasteiger partial charge on any atom is -0.219 e. The maximum Gasteiger partial charge on any atom is 0.272 e. The molecule has 0 aromatic rings. The van der Waals surface area contributed by atoms with Crippen LogP contribution in [0.2, 0.25) is 0 Å². The van der Waals surface area contributed by atoms with Crippen LogP contribution in [0.3, 0.4) is 0 Å². The van der Waals surface area contributed by atoms with Gasteiger partial charge in [-0.15, -0.1) is 5.43 Å². The Balaban J connectivity index is 2.22. The van der Waals surface area contributed by atoms with Gasteiger partial charge in [0.15, 0.2) is 0 Å². The highest BCUT2D eigenvalue weighted by molar-refractivity contribution is 4.78. The van der Waals surface area contributed by atoms with Gasteiger partial charge in [-0.05, 0) is 51.9 Å². The number of nitrogens with zero attached hydrogens (tertiary/aromatic N) is 1. The summed E-state index contributed by atoms with van der Waals surface area (Å²) in [4.78, 5) is 17.3. The van der Waals surface area contributed by atoms with Gasteiger partial charge in [0.1, 0.15) is 0 Å². The molecule has 17 heavy (non-hydrogen) atoms. The van der Waals surface area contributed by atoms with Crippen molar-refractivity contribution in [2.75, 3.05) is 0 Å². The molecule has 2 N–H and O–H groups in total. The molecule has 0 spiro atoms. The van der Waals surface area contributed by atoms with E-state index in [0.717, 1.165) is 25.7 Å². The van der Waals surface area contributed by atoms with E-state index in [1.54, 1.807) is 0 Å². The molecule has 0 aromatic carbocycles. The van der Waals surface area contributed by atoms with Crippen LogP contribution in [-0.2, 0) is 4.84 Å². The highest BCUT2D eigenvalue weighted by Crippen LogP contribution is 2.35. The molecular formula is C12H26N3O2+. The lowest BCUT2D eigenvalue weighted by Gasteiger charge is -2.32. The Labute approximate surface area is 104 Å². The molecule has 0 amide bonds. The lowest BCUT2D eigenvalue weighted by Crippen LogP contribution is -2.49. The van der Waals surface area contributed by atoms with Gasteiger partial charge in [-0.1, -0.05) is 13.8 Å². The quantitative estimate of drug-likeness (QED) is 0.589. The first kappa shape index (κ1) is 14.2. The molecule has 0 radical (unpaired) electrons. The summed E-state index contributed by atoms with van der Waals surface area (Å²) in [6.45, 7) is 10.3. The van der Waals surface area contributed by atoms with Crippen LogP contribution in [0.15, 0.2) is 0 Å². The van der Waals surface area contributed by atoms with E-state index in [1.807, 2.05) is 20.8 Å². The Hall–Kier alpha value is -0.840. The third kappa shape index (κ3) is 5.86. The lowest BCUT2D eigenvalue weighted by molar-refractivity contribution is -0.718. The Kier molecular flexibility index (Phi) is 4.36. The Bertz CT molecular complexity index is 261. The predicted octanol–water partition coefficient (Wildman–Crippen LogP) is 2.47. The van der Waals surface area contributed by atoms with Crippen molar-refractivity contribution in [3.63, 3.8) is 0 Å². The molecule has 0 atom stereocenters. The summed E-state index contributed by atoms with van der Waals surface area (Å²) in [6, 6.07) is 0. The molecule has 0 saturated heterocycles. The van der Waals surface area contributed by atoms with Crippen molar-refractivity contribution >= 4 is 0 Å². The number of hydrazine groups is 2. The highest BCUT2D eigenvalue weighted by Gasteiger charge is 2.29. The van der Waals surface area contributed by atoms with Crippen molar-refractivity contribution in [2.45, 2.75) is 71.9 Å². The van der Waals surface area contributed by atoms with Gasteiger partial charge in [-0.25, -0.2) is 4.84 Å². The third-order valence-electron chi connectivity index (χ3n) is 3.03. The van der Waals surface area contributed by atoms with Crippen LogP contribution >= 0.6 is 0 Å². The Morgan fingerprint density at radius 3 is 2.24 bits per heavy atom. The standard InChI is InChI=1S/C12H26N3O2/c1-11(2,3)13-15(16)14-17-10-6-8-12(4,5)9-7-10/h10H,6-9H2,1-5H3,(H2,13,14,16)/q+1. The van der Waals surface area contributed by atoms with E-state index in [2.05, 4.69) is 24.9 Å². The van der Waals surface area contributed by atoms with Crippen molar-refractivity contribution in [3.05, 3.63) is 4.91 Å². The van der Waals surface area contributed by atoms with Crippen LogP contribution < -0.4 is 11.0 Å². The second-order valence-electron chi connectivity index (χ2n) is 6.73. The molecule has 0 heterocycles. The summed E-state index contributed by atoms with van der Waals surface area (Å²) >= 11 is 0. The molecule has 100 valence electrons. The molecule has 1 rings (SSSR count). The fourth-order valence-corrected chi connectivity index (χ4v) is 1.94. The predicted molar refractivity (Wildman–Crippen MR) is 66.8 cm³/mol. The van der Waals surface area contributed by atoms with Crippen LogP contribution in [-0.4, -0.2) is 16.6 Å². The molecule has 0 aliphatic heterocycles. The Morgan fingerprint density at radius 1 is 1.24 bits per heavy atom. The summed E-state index contributed by atoms with van der Waals surface area (Å²) in [5.74, 6) is 0. The van der Waals surface area contributed by atoms with E-state index in [0.29, 0.717) is 10.4 Å². The van der Waals surface area contributed by atoms with Crippen LogP contribution in [0.1, 0.15) is 60.3 Å². The van der Waals surface area contributed by atoms with Crippen LogP contribution in [0.25, 0.3) is 0 Å². The second-order valence-corrected chi connectivity index (χ2v) is 6.73. The van der Waals surface area contributed by atoms with Gasteiger partial charge in [0.25, 0.3) is 4.98 Å². The van der Waals surface area contributed by atoms with E-state index in [1.165, 1.54) is 0 Å². The monoisotopic (exact) mass is 244 g/mol. The van der Waals surface area contributed by atoms with Crippen LogP contribution in [0, 0.1) is 10.3 Å². The van der Waals surface area contributed by atoms with Gasteiger partial charge >= 0.3 is 0 Å². The molecule has 0 aromatic heterocycles. The van der Waals surface area contributed by atoms with Gasteiger partial charge in [-0.2, -0.15) is 0 Å². The van der Waals surface area contributed by atoms with Crippen molar-refractivity contribution in [3.8, 4) is 0 Å². The Morgan fingerprint density at radius 2 is 1.76 bits per heavy atom. The van der Waals surface area contributed by atoms with E-state index < -0.39 is 0 Å². The first-order chi connectivity index (χ1) is 7.68. The van der Waals surface area contributed by atoms with Gasteiger partial charge in [0.05, 0.1) is 16.5 Å². The fourth-order valence-electron chi connectivity index (χ4n) is 1.94. The molecule has 5 heteroatoms. The van der Waals surface area contributed by atoms with Crippen molar-refractivity contribution in [2.24, 2.45) is 5.41 Å². The normalized spacial score (nSPS) is 21.0. The molecule has 0 unspecified atom stereocenters. The van der Waals surface area contributed by atoms with Gasteiger partial charge < -0.3 is 0 Å². The number of hydrogen-bond acceptors (Lipinski definition) is 2. The first-order valence-electron chi connectivity index (χ1n) is 6.34. The fraction of sp³-hybridized carbons (Fsp3) is 1.00. The number of rotatable bonds is 4. The summed E-state index contributed by atoms with van der Waals surface area (Å²) in [6.07, 6.45) is 4.43. The average Bonchev–Trinajstić information content (AvgIpc) is 2.13. The molecular weight excluding hydrogens is 218 g/mol. The second kappa shape index (κ2) is 5.21. The molecule has 5 nitrogen and oxygen atoms in total. The zero-order valence-corrected chi connectivity index (χ0v) is 11.7. The maximum atomic E-state index is 11.4. The summed E-state index contributed by atoms with van der Waals surface area (Å²) in [7, 11) is 0.